The lowest BCUT2D eigenvalue weighted by Gasteiger charge is -2.10. The molecular formula is C19H13F4N5OS. The second-order valence-electron chi connectivity index (χ2n) is 6.28. The fourth-order valence-electron chi connectivity index (χ4n) is 2.66. The minimum atomic E-state index is -2.88. The van der Waals surface area contributed by atoms with Crippen molar-refractivity contribution in [3.05, 3.63) is 71.4 Å². The molecule has 0 aliphatic rings. The summed E-state index contributed by atoms with van der Waals surface area (Å²) in [6.07, 6.45) is 3.52. The van der Waals surface area contributed by atoms with E-state index in [1.165, 1.54) is 18.5 Å². The number of nitriles is 1. The zero-order valence-corrected chi connectivity index (χ0v) is 16.2. The topological polar surface area (TPSA) is 91.0 Å². The molecule has 1 heterocycles. The highest BCUT2D eigenvalue weighted by atomic mass is 32.2. The zero-order chi connectivity index (χ0) is 21.9. The van der Waals surface area contributed by atoms with E-state index in [1.807, 2.05) is 0 Å². The van der Waals surface area contributed by atoms with Gasteiger partial charge in [-0.25, -0.2) is 31.7 Å². The van der Waals surface area contributed by atoms with Gasteiger partial charge in [-0.15, -0.1) is 4.36 Å². The first-order valence-electron chi connectivity index (χ1n) is 8.29. The van der Waals surface area contributed by atoms with Crippen LogP contribution in [0.15, 0.2) is 47.0 Å². The predicted octanol–water partition coefficient (Wildman–Crippen LogP) is 4.52. The maximum Gasteiger partial charge on any atom is 0.227 e. The van der Waals surface area contributed by atoms with Gasteiger partial charge in [0.15, 0.2) is 5.82 Å². The van der Waals surface area contributed by atoms with Crippen molar-refractivity contribution in [2.75, 3.05) is 11.6 Å². The van der Waals surface area contributed by atoms with Gasteiger partial charge in [-0.2, -0.15) is 5.26 Å². The third-order valence-corrected chi connectivity index (χ3v) is 5.15. The molecule has 30 heavy (non-hydrogen) atoms. The van der Waals surface area contributed by atoms with Crippen LogP contribution in [0.5, 0.6) is 0 Å². The van der Waals surface area contributed by atoms with Crippen LogP contribution in [-0.2, 0) is 15.5 Å². The summed E-state index contributed by atoms with van der Waals surface area (Å²) in [5.74, 6) is -3.80. The van der Waals surface area contributed by atoms with Gasteiger partial charge in [0.25, 0.3) is 0 Å². The maximum atomic E-state index is 14.1. The molecule has 3 rings (SSSR count). The van der Waals surface area contributed by atoms with Gasteiger partial charge in [0, 0.05) is 23.6 Å². The van der Waals surface area contributed by atoms with E-state index in [4.69, 9.17) is 5.26 Å². The number of nitrogens with one attached hydrogen (secondary N) is 1. The van der Waals surface area contributed by atoms with Crippen LogP contribution in [0.1, 0.15) is 5.56 Å². The van der Waals surface area contributed by atoms with Crippen molar-refractivity contribution in [2.45, 2.75) is 5.75 Å². The average Bonchev–Trinajstić information content (AvgIpc) is 2.62. The van der Waals surface area contributed by atoms with Gasteiger partial charge in [0.05, 0.1) is 21.7 Å². The number of hydrogen-bond acceptors (Lipinski definition) is 6. The fourth-order valence-corrected chi connectivity index (χ4v) is 3.68. The van der Waals surface area contributed by atoms with Crippen LogP contribution in [-0.4, -0.2) is 20.4 Å². The molecule has 0 amide bonds. The lowest BCUT2D eigenvalue weighted by Crippen LogP contribution is -2.04. The molecule has 6 nitrogen and oxygen atoms in total. The van der Waals surface area contributed by atoms with Gasteiger partial charge in [-0.1, -0.05) is 0 Å². The normalized spacial score (nSPS) is 12.7. The van der Waals surface area contributed by atoms with Gasteiger partial charge in [-0.3, -0.25) is 0 Å². The molecule has 0 aliphatic heterocycles. The second kappa shape index (κ2) is 8.46. The molecule has 0 bridgehead atoms. The third-order valence-electron chi connectivity index (χ3n) is 3.81. The van der Waals surface area contributed by atoms with Crippen molar-refractivity contribution in [1.29, 1.82) is 5.26 Å². The summed E-state index contributed by atoms with van der Waals surface area (Å²) in [6, 6.07) is 6.25. The predicted molar refractivity (Wildman–Crippen MR) is 103 cm³/mol. The smallest absolute Gasteiger partial charge is 0.227 e. The summed E-state index contributed by atoms with van der Waals surface area (Å²) in [5.41, 5.74) is -0.251. The van der Waals surface area contributed by atoms with E-state index in [-0.39, 0.29) is 28.5 Å². The van der Waals surface area contributed by atoms with Crippen molar-refractivity contribution in [2.24, 2.45) is 4.36 Å². The summed E-state index contributed by atoms with van der Waals surface area (Å²) in [6.45, 7) is 0. The monoisotopic (exact) mass is 435 g/mol. The molecular weight excluding hydrogens is 422 g/mol. The Balaban J connectivity index is 1.95. The molecule has 1 atom stereocenters. The van der Waals surface area contributed by atoms with Crippen LogP contribution in [0.3, 0.4) is 0 Å². The number of hydrogen-bond donors (Lipinski definition) is 1. The highest BCUT2D eigenvalue weighted by molar-refractivity contribution is 7.92. The highest BCUT2D eigenvalue weighted by Crippen LogP contribution is 2.26. The molecule has 3 aromatic rings. The van der Waals surface area contributed by atoms with Gasteiger partial charge in [0.1, 0.15) is 23.1 Å². The van der Waals surface area contributed by atoms with Gasteiger partial charge in [0.2, 0.25) is 12.1 Å². The molecule has 0 spiro atoms. The standard InChI is InChI=1S/C19H13F4N5OS/c1-30(29,26-10-24)9-11-4-13(21)6-14(5-11)27-19-25-8-17(23)18(28-19)15-3-2-12(20)7-16(15)22/h2-8H,9H2,1H3,(H,25,27,28). The van der Waals surface area contributed by atoms with Crippen LogP contribution >= 0.6 is 0 Å². The number of aromatic nitrogens is 2. The summed E-state index contributed by atoms with van der Waals surface area (Å²) in [7, 11) is -2.88. The molecule has 2 aromatic carbocycles. The Hall–Kier alpha value is -3.52. The zero-order valence-electron chi connectivity index (χ0n) is 15.4. The second-order valence-corrected chi connectivity index (χ2v) is 8.67. The first-order valence-corrected chi connectivity index (χ1v) is 10.4. The molecule has 0 fully saturated rings. The number of benzene rings is 2. The molecule has 1 aromatic heterocycles. The Kier molecular flexibility index (Phi) is 5.98. The fraction of sp³-hybridized carbons (Fsp3) is 0.105. The molecule has 1 N–H and O–H groups in total. The molecule has 11 heteroatoms. The number of halogens is 4. The number of anilines is 2. The van der Waals surface area contributed by atoms with Crippen LogP contribution < -0.4 is 5.32 Å². The van der Waals surface area contributed by atoms with Crippen LogP contribution in [0, 0.1) is 34.7 Å². The Labute approximate surface area is 169 Å². The Bertz CT molecular complexity index is 1280. The van der Waals surface area contributed by atoms with Crippen LogP contribution in [0.4, 0.5) is 29.2 Å². The van der Waals surface area contributed by atoms with Crippen molar-refractivity contribution in [3.8, 4) is 17.5 Å². The van der Waals surface area contributed by atoms with Crippen molar-refractivity contribution >= 4 is 21.4 Å². The van der Waals surface area contributed by atoms with E-state index < -0.39 is 38.7 Å². The number of nitrogens with zero attached hydrogens (tertiary/aromatic N) is 4. The molecule has 0 saturated heterocycles. The first-order chi connectivity index (χ1) is 14.2. The van der Waals surface area contributed by atoms with Gasteiger partial charge in [-0.05, 0) is 35.9 Å². The Morgan fingerprint density at radius 3 is 2.57 bits per heavy atom. The summed E-state index contributed by atoms with van der Waals surface area (Å²) in [5, 5.41) is 11.2. The lowest BCUT2D eigenvalue weighted by molar-refractivity contribution is 0.580. The Morgan fingerprint density at radius 1 is 1.10 bits per heavy atom. The molecule has 1 unspecified atom stereocenters. The van der Waals surface area contributed by atoms with E-state index in [0.717, 1.165) is 30.5 Å². The van der Waals surface area contributed by atoms with Crippen LogP contribution in [0.2, 0.25) is 0 Å². The summed E-state index contributed by atoms with van der Waals surface area (Å²) in [4.78, 5) is 7.63. The molecule has 0 aliphatic carbocycles. The van der Waals surface area contributed by atoms with Crippen molar-refractivity contribution in [3.63, 3.8) is 0 Å². The minimum absolute atomic E-state index is 0.147. The van der Waals surface area contributed by atoms with E-state index in [9.17, 15) is 21.8 Å². The Morgan fingerprint density at radius 2 is 1.87 bits per heavy atom. The SMILES string of the molecule is CS(=O)(Cc1cc(F)cc(Nc2ncc(F)c(-c3ccc(F)cc3F)n2)c1)=NC#N. The van der Waals surface area contributed by atoms with E-state index in [0.29, 0.717) is 6.07 Å². The maximum absolute atomic E-state index is 14.1. The lowest BCUT2D eigenvalue weighted by atomic mass is 10.1. The largest absolute Gasteiger partial charge is 0.324 e. The molecule has 154 valence electrons. The van der Waals surface area contributed by atoms with Crippen molar-refractivity contribution in [1.82, 2.24) is 9.97 Å². The quantitative estimate of drug-likeness (QED) is 0.470. The average molecular weight is 435 g/mol. The third kappa shape index (κ3) is 5.09. The number of rotatable bonds is 5. The van der Waals surface area contributed by atoms with E-state index >= 15 is 0 Å². The minimum Gasteiger partial charge on any atom is -0.324 e. The first kappa shape index (κ1) is 21.2. The van der Waals surface area contributed by atoms with Crippen molar-refractivity contribution < 1.29 is 21.8 Å². The van der Waals surface area contributed by atoms with Crippen LogP contribution in [0.25, 0.3) is 11.3 Å². The van der Waals surface area contributed by atoms with Gasteiger partial charge >= 0.3 is 0 Å². The van der Waals surface area contributed by atoms with E-state index in [1.54, 1.807) is 0 Å². The van der Waals surface area contributed by atoms with E-state index in [2.05, 4.69) is 19.6 Å². The van der Waals surface area contributed by atoms with Gasteiger partial charge < -0.3 is 5.32 Å². The highest BCUT2D eigenvalue weighted by Gasteiger charge is 2.15. The summed E-state index contributed by atoms with van der Waals surface area (Å²) < 4.78 is 70.7. The molecule has 0 radical (unpaired) electrons. The summed E-state index contributed by atoms with van der Waals surface area (Å²) >= 11 is 0. The molecule has 0 saturated carbocycles.